The molecule has 2 heterocycles. The minimum atomic E-state index is 0. The number of hydrogen-bond donors (Lipinski definition) is 1. The molecule has 0 radical (unpaired) electrons. The molecule has 1 aromatic heterocycles. The molecule has 1 atom stereocenters. The SMILES string of the molecule is CCn1c2ccccc2c2cc([C@H]3CCCCN3)ccc21.Cl. The Morgan fingerprint density at radius 2 is 1.86 bits per heavy atom. The van der Waals surface area contributed by atoms with Crippen molar-refractivity contribution in [2.24, 2.45) is 0 Å². The van der Waals surface area contributed by atoms with Crippen molar-refractivity contribution >= 4 is 34.2 Å². The van der Waals surface area contributed by atoms with Gasteiger partial charge in [0, 0.05) is 34.4 Å². The van der Waals surface area contributed by atoms with Crippen molar-refractivity contribution in [2.45, 2.75) is 38.8 Å². The molecule has 4 rings (SSSR count). The number of fused-ring (bicyclic) bond motifs is 3. The Morgan fingerprint density at radius 3 is 2.64 bits per heavy atom. The van der Waals surface area contributed by atoms with E-state index in [9.17, 15) is 0 Å². The molecule has 1 aliphatic rings. The van der Waals surface area contributed by atoms with Crippen molar-refractivity contribution in [3.05, 3.63) is 48.0 Å². The average molecular weight is 315 g/mol. The van der Waals surface area contributed by atoms with Gasteiger partial charge in [0.1, 0.15) is 0 Å². The lowest BCUT2D eigenvalue weighted by atomic mass is 9.96. The van der Waals surface area contributed by atoms with Crippen molar-refractivity contribution in [1.29, 1.82) is 0 Å². The molecule has 0 bridgehead atoms. The Hall–Kier alpha value is -1.51. The Kier molecular flexibility index (Phi) is 4.42. The fourth-order valence-electron chi connectivity index (χ4n) is 3.77. The summed E-state index contributed by atoms with van der Waals surface area (Å²) in [6, 6.07) is 16.3. The van der Waals surface area contributed by atoms with E-state index < -0.39 is 0 Å². The number of nitrogens with one attached hydrogen (secondary N) is 1. The highest BCUT2D eigenvalue weighted by Crippen LogP contribution is 2.32. The first-order chi connectivity index (χ1) is 10.4. The first kappa shape index (κ1) is 15.4. The van der Waals surface area contributed by atoms with Crippen LogP contribution in [0.2, 0.25) is 0 Å². The molecule has 2 nitrogen and oxygen atoms in total. The van der Waals surface area contributed by atoms with Gasteiger partial charge in [0.25, 0.3) is 0 Å². The molecule has 1 saturated heterocycles. The van der Waals surface area contributed by atoms with E-state index in [4.69, 9.17) is 0 Å². The summed E-state index contributed by atoms with van der Waals surface area (Å²) in [4.78, 5) is 0. The van der Waals surface area contributed by atoms with Crippen LogP contribution in [0.3, 0.4) is 0 Å². The maximum absolute atomic E-state index is 3.66. The van der Waals surface area contributed by atoms with Crippen molar-refractivity contribution < 1.29 is 0 Å². The topological polar surface area (TPSA) is 17.0 Å². The fourth-order valence-corrected chi connectivity index (χ4v) is 3.77. The molecule has 3 heteroatoms. The van der Waals surface area contributed by atoms with E-state index >= 15 is 0 Å². The van der Waals surface area contributed by atoms with Crippen molar-refractivity contribution in [3.8, 4) is 0 Å². The zero-order chi connectivity index (χ0) is 14.2. The number of halogens is 1. The summed E-state index contributed by atoms with van der Waals surface area (Å²) >= 11 is 0. The van der Waals surface area contributed by atoms with Crippen LogP contribution >= 0.6 is 12.4 Å². The molecule has 0 aliphatic carbocycles. The first-order valence-corrected chi connectivity index (χ1v) is 8.13. The monoisotopic (exact) mass is 314 g/mol. The second-order valence-corrected chi connectivity index (χ2v) is 6.04. The van der Waals surface area contributed by atoms with Gasteiger partial charge in [0.2, 0.25) is 0 Å². The lowest BCUT2D eigenvalue weighted by Crippen LogP contribution is -2.26. The van der Waals surface area contributed by atoms with Crippen LogP contribution in [0.4, 0.5) is 0 Å². The van der Waals surface area contributed by atoms with Crippen molar-refractivity contribution in [1.82, 2.24) is 9.88 Å². The number of nitrogens with zero attached hydrogens (tertiary/aromatic N) is 1. The lowest BCUT2D eigenvalue weighted by molar-refractivity contribution is 0.412. The van der Waals surface area contributed by atoms with Crippen LogP contribution in [0.5, 0.6) is 0 Å². The number of piperidine rings is 1. The zero-order valence-electron chi connectivity index (χ0n) is 13.0. The molecule has 1 aliphatic heterocycles. The predicted octanol–water partition coefficient (Wildman–Crippen LogP) is 5.05. The maximum atomic E-state index is 3.66. The van der Waals surface area contributed by atoms with Crippen LogP contribution in [0.1, 0.15) is 37.8 Å². The summed E-state index contributed by atoms with van der Waals surface area (Å²) < 4.78 is 2.42. The summed E-state index contributed by atoms with van der Waals surface area (Å²) in [5.41, 5.74) is 4.16. The van der Waals surface area contributed by atoms with Gasteiger partial charge in [-0.25, -0.2) is 0 Å². The third kappa shape index (κ3) is 2.41. The van der Waals surface area contributed by atoms with Crippen LogP contribution < -0.4 is 5.32 Å². The van der Waals surface area contributed by atoms with Gasteiger partial charge in [-0.05, 0) is 50.1 Å². The van der Waals surface area contributed by atoms with Crippen LogP contribution in [-0.2, 0) is 6.54 Å². The van der Waals surface area contributed by atoms with Gasteiger partial charge >= 0.3 is 0 Å². The van der Waals surface area contributed by atoms with Gasteiger partial charge in [0.05, 0.1) is 0 Å². The van der Waals surface area contributed by atoms with Gasteiger partial charge in [-0.3, -0.25) is 0 Å². The second-order valence-electron chi connectivity index (χ2n) is 6.04. The van der Waals surface area contributed by atoms with Crippen molar-refractivity contribution in [2.75, 3.05) is 6.54 Å². The molecule has 0 spiro atoms. The molecule has 0 unspecified atom stereocenters. The normalized spacial score (nSPS) is 18.5. The van der Waals surface area contributed by atoms with E-state index in [1.54, 1.807) is 0 Å². The Bertz CT molecular complexity index is 785. The fraction of sp³-hybridized carbons (Fsp3) is 0.368. The highest BCUT2D eigenvalue weighted by Gasteiger charge is 2.16. The van der Waals surface area contributed by atoms with E-state index in [0.29, 0.717) is 6.04 Å². The van der Waals surface area contributed by atoms with Crippen LogP contribution in [0.15, 0.2) is 42.5 Å². The average Bonchev–Trinajstić information content (AvgIpc) is 2.88. The highest BCUT2D eigenvalue weighted by molar-refractivity contribution is 6.08. The van der Waals surface area contributed by atoms with E-state index in [-0.39, 0.29) is 12.4 Å². The van der Waals surface area contributed by atoms with Gasteiger partial charge in [-0.1, -0.05) is 30.7 Å². The lowest BCUT2D eigenvalue weighted by Gasteiger charge is -2.24. The molecule has 3 aromatic rings. The molecule has 0 amide bonds. The van der Waals surface area contributed by atoms with E-state index in [1.807, 2.05) is 0 Å². The number of hydrogen-bond acceptors (Lipinski definition) is 1. The summed E-state index contributed by atoms with van der Waals surface area (Å²) in [5.74, 6) is 0. The van der Waals surface area contributed by atoms with Gasteiger partial charge in [0.15, 0.2) is 0 Å². The third-order valence-corrected chi connectivity index (χ3v) is 4.83. The molecular weight excluding hydrogens is 292 g/mol. The number of para-hydroxylation sites is 1. The maximum Gasteiger partial charge on any atom is 0.0491 e. The summed E-state index contributed by atoms with van der Waals surface area (Å²) in [6.45, 7) is 4.40. The van der Waals surface area contributed by atoms with Crippen molar-refractivity contribution in [3.63, 3.8) is 0 Å². The minimum Gasteiger partial charge on any atom is -0.341 e. The largest absolute Gasteiger partial charge is 0.341 e. The zero-order valence-corrected chi connectivity index (χ0v) is 13.8. The van der Waals surface area contributed by atoms with Gasteiger partial charge in [-0.2, -0.15) is 0 Å². The molecule has 22 heavy (non-hydrogen) atoms. The number of benzene rings is 2. The number of aryl methyl sites for hydroxylation is 1. The molecule has 1 fully saturated rings. The Labute approximate surface area is 137 Å². The minimum absolute atomic E-state index is 0. The number of aromatic nitrogens is 1. The van der Waals surface area contributed by atoms with E-state index in [1.165, 1.54) is 46.6 Å². The summed E-state index contributed by atoms with van der Waals surface area (Å²) in [6.07, 6.45) is 3.91. The smallest absolute Gasteiger partial charge is 0.0491 e. The molecule has 1 N–H and O–H groups in total. The summed E-state index contributed by atoms with van der Waals surface area (Å²) in [7, 11) is 0. The highest BCUT2D eigenvalue weighted by atomic mass is 35.5. The van der Waals surface area contributed by atoms with Crippen LogP contribution in [0, 0.1) is 0 Å². The number of rotatable bonds is 2. The quantitative estimate of drug-likeness (QED) is 0.700. The Morgan fingerprint density at radius 1 is 1.05 bits per heavy atom. The second kappa shape index (κ2) is 6.31. The Balaban J connectivity index is 0.00000144. The first-order valence-electron chi connectivity index (χ1n) is 8.13. The standard InChI is InChI=1S/C19H22N2.ClH/c1-2-21-18-9-4-3-7-15(18)16-13-14(10-11-19(16)21)17-8-5-6-12-20-17;/h3-4,7,9-11,13,17,20H,2,5-6,8,12H2,1H3;1H/t17-;/m1./s1. The van der Waals surface area contributed by atoms with Gasteiger partial charge < -0.3 is 9.88 Å². The van der Waals surface area contributed by atoms with E-state index in [2.05, 4.69) is 59.3 Å². The molecule has 2 aromatic carbocycles. The van der Waals surface area contributed by atoms with Crippen LogP contribution in [-0.4, -0.2) is 11.1 Å². The molecular formula is C19H23ClN2. The summed E-state index contributed by atoms with van der Waals surface area (Å²) in [5, 5.41) is 6.44. The molecule has 0 saturated carbocycles. The molecule has 116 valence electrons. The van der Waals surface area contributed by atoms with E-state index in [0.717, 1.165) is 13.1 Å². The third-order valence-electron chi connectivity index (χ3n) is 4.83. The van der Waals surface area contributed by atoms with Crippen LogP contribution in [0.25, 0.3) is 21.8 Å². The van der Waals surface area contributed by atoms with Gasteiger partial charge in [-0.15, -0.1) is 12.4 Å². The predicted molar refractivity (Wildman–Crippen MR) is 97.0 cm³/mol.